The molecule has 2 N–H and O–H groups in total. The van der Waals surface area contributed by atoms with Crippen LogP contribution in [-0.4, -0.2) is 16.1 Å². The maximum atomic E-state index is 10.6. The van der Waals surface area contributed by atoms with Crippen LogP contribution in [0.1, 0.15) is 30.6 Å². The molecule has 1 aromatic heterocycles. The zero-order valence-electron chi connectivity index (χ0n) is 11.4. The minimum absolute atomic E-state index is 0.103. The summed E-state index contributed by atoms with van der Waals surface area (Å²) in [4.78, 5) is 14.9. The van der Waals surface area contributed by atoms with Crippen LogP contribution in [0.3, 0.4) is 0 Å². The number of aromatic nitrogens is 1. The van der Waals surface area contributed by atoms with Crippen molar-refractivity contribution in [1.29, 1.82) is 0 Å². The number of nitrogens with one attached hydrogen (secondary N) is 1. The summed E-state index contributed by atoms with van der Waals surface area (Å²) >= 11 is 0. The molecular formula is C16H18N2O2. The van der Waals surface area contributed by atoms with Gasteiger partial charge in [-0.3, -0.25) is 9.78 Å². The van der Waals surface area contributed by atoms with E-state index in [9.17, 15) is 4.79 Å². The van der Waals surface area contributed by atoms with Crippen LogP contribution < -0.4 is 5.32 Å². The predicted octanol–water partition coefficient (Wildman–Crippen LogP) is 3.27. The summed E-state index contributed by atoms with van der Waals surface area (Å²) in [6.45, 7) is 2.05. The van der Waals surface area contributed by atoms with Gasteiger partial charge >= 0.3 is 5.97 Å². The highest BCUT2D eigenvalue weighted by atomic mass is 16.4. The Morgan fingerprint density at radius 1 is 1.30 bits per heavy atom. The van der Waals surface area contributed by atoms with Crippen molar-refractivity contribution in [2.45, 2.75) is 25.8 Å². The van der Waals surface area contributed by atoms with Crippen LogP contribution in [-0.2, 0) is 11.2 Å². The lowest BCUT2D eigenvalue weighted by molar-refractivity contribution is -0.136. The molecule has 0 saturated carbocycles. The summed E-state index contributed by atoms with van der Waals surface area (Å²) in [5, 5.41) is 12.1. The van der Waals surface area contributed by atoms with E-state index in [4.69, 9.17) is 5.11 Å². The van der Waals surface area contributed by atoms with Crippen molar-refractivity contribution in [3.63, 3.8) is 0 Å². The van der Waals surface area contributed by atoms with E-state index in [-0.39, 0.29) is 12.5 Å². The van der Waals surface area contributed by atoms with E-state index >= 15 is 0 Å². The second kappa shape index (κ2) is 6.70. The maximum Gasteiger partial charge on any atom is 0.303 e. The number of benzene rings is 1. The molecule has 0 saturated heterocycles. The predicted molar refractivity (Wildman–Crippen MR) is 78.7 cm³/mol. The lowest BCUT2D eigenvalue weighted by Gasteiger charge is -2.15. The van der Waals surface area contributed by atoms with Gasteiger partial charge < -0.3 is 10.4 Å². The summed E-state index contributed by atoms with van der Waals surface area (Å²) in [6.07, 6.45) is 2.47. The monoisotopic (exact) mass is 270 g/mol. The van der Waals surface area contributed by atoms with Gasteiger partial charge in [0.25, 0.3) is 0 Å². The summed E-state index contributed by atoms with van der Waals surface area (Å²) in [6, 6.07) is 13.8. The molecule has 104 valence electrons. The molecule has 1 heterocycles. The standard InChI is InChI=1S/C16H18N2O2/c1-12(15-7-2-3-10-17-15)18-14-6-4-5-13(11-14)8-9-16(19)20/h2-7,10-12,18H,8-9H2,1H3,(H,19,20). The van der Waals surface area contributed by atoms with Crippen molar-refractivity contribution >= 4 is 11.7 Å². The van der Waals surface area contributed by atoms with E-state index in [0.29, 0.717) is 6.42 Å². The van der Waals surface area contributed by atoms with Crippen LogP contribution in [0, 0.1) is 0 Å². The highest BCUT2D eigenvalue weighted by Gasteiger charge is 2.06. The Hall–Kier alpha value is -2.36. The number of carboxylic acid groups (broad SMARTS) is 1. The van der Waals surface area contributed by atoms with Crippen molar-refractivity contribution in [3.05, 3.63) is 59.9 Å². The third-order valence-electron chi connectivity index (χ3n) is 3.07. The number of carbonyl (C=O) groups is 1. The molecule has 0 bridgehead atoms. The lowest BCUT2D eigenvalue weighted by Crippen LogP contribution is -2.08. The molecule has 0 spiro atoms. The number of rotatable bonds is 6. The molecule has 0 radical (unpaired) electrons. The summed E-state index contributed by atoms with van der Waals surface area (Å²) < 4.78 is 0. The first kappa shape index (κ1) is 14.1. The molecule has 2 aromatic rings. The molecule has 0 aliphatic carbocycles. The lowest BCUT2D eigenvalue weighted by atomic mass is 10.1. The van der Waals surface area contributed by atoms with Crippen LogP contribution in [0.5, 0.6) is 0 Å². The molecule has 20 heavy (non-hydrogen) atoms. The van der Waals surface area contributed by atoms with Crippen molar-refractivity contribution in [3.8, 4) is 0 Å². The third kappa shape index (κ3) is 4.09. The van der Waals surface area contributed by atoms with Gasteiger partial charge in [0.1, 0.15) is 0 Å². The van der Waals surface area contributed by atoms with E-state index in [0.717, 1.165) is 16.9 Å². The highest BCUT2D eigenvalue weighted by molar-refractivity contribution is 5.67. The summed E-state index contributed by atoms with van der Waals surface area (Å²) in [5.41, 5.74) is 2.97. The van der Waals surface area contributed by atoms with Gasteiger partial charge in [-0.15, -0.1) is 0 Å². The van der Waals surface area contributed by atoms with E-state index in [1.807, 2.05) is 49.4 Å². The molecule has 0 aliphatic rings. The van der Waals surface area contributed by atoms with Gasteiger partial charge in [0, 0.05) is 18.3 Å². The minimum atomic E-state index is -0.773. The van der Waals surface area contributed by atoms with Crippen molar-refractivity contribution in [2.24, 2.45) is 0 Å². The molecule has 4 nitrogen and oxygen atoms in total. The Balaban J connectivity index is 2.02. The van der Waals surface area contributed by atoms with E-state index in [1.54, 1.807) is 6.20 Å². The number of anilines is 1. The highest BCUT2D eigenvalue weighted by Crippen LogP contribution is 2.19. The molecular weight excluding hydrogens is 252 g/mol. The zero-order chi connectivity index (χ0) is 14.4. The molecule has 0 amide bonds. The Bertz CT molecular complexity index is 570. The largest absolute Gasteiger partial charge is 0.481 e. The zero-order valence-corrected chi connectivity index (χ0v) is 11.4. The minimum Gasteiger partial charge on any atom is -0.481 e. The van der Waals surface area contributed by atoms with E-state index in [1.165, 1.54) is 0 Å². The average Bonchev–Trinajstić information content (AvgIpc) is 2.46. The van der Waals surface area contributed by atoms with Gasteiger partial charge in [0.15, 0.2) is 0 Å². The smallest absolute Gasteiger partial charge is 0.303 e. The van der Waals surface area contributed by atoms with Gasteiger partial charge in [-0.2, -0.15) is 0 Å². The van der Waals surface area contributed by atoms with Crippen LogP contribution >= 0.6 is 0 Å². The molecule has 0 aliphatic heterocycles. The fourth-order valence-electron chi connectivity index (χ4n) is 2.02. The van der Waals surface area contributed by atoms with Crippen LogP contribution in [0.25, 0.3) is 0 Å². The van der Waals surface area contributed by atoms with Gasteiger partial charge in [0.05, 0.1) is 11.7 Å². The molecule has 1 atom stereocenters. The van der Waals surface area contributed by atoms with Crippen LogP contribution in [0.2, 0.25) is 0 Å². The van der Waals surface area contributed by atoms with Crippen molar-refractivity contribution in [2.75, 3.05) is 5.32 Å². The van der Waals surface area contributed by atoms with Gasteiger partial charge in [0.2, 0.25) is 0 Å². The fourth-order valence-corrected chi connectivity index (χ4v) is 2.02. The first-order valence-corrected chi connectivity index (χ1v) is 6.63. The number of pyridine rings is 1. The molecule has 4 heteroatoms. The average molecular weight is 270 g/mol. The second-order valence-corrected chi connectivity index (χ2v) is 4.71. The van der Waals surface area contributed by atoms with E-state index in [2.05, 4.69) is 10.3 Å². The molecule has 1 unspecified atom stereocenters. The third-order valence-corrected chi connectivity index (χ3v) is 3.07. The topological polar surface area (TPSA) is 62.2 Å². The molecule has 0 fully saturated rings. The van der Waals surface area contributed by atoms with Crippen LogP contribution in [0.4, 0.5) is 5.69 Å². The number of carboxylic acids is 1. The Kier molecular flexibility index (Phi) is 4.71. The Labute approximate surface area is 118 Å². The number of hydrogen-bond donors (Lipinski definition) is 2. The van der Waals surface area contributed by atoms with Crippen molar-refractivity contribution < 1.29 is 9.90 Å². The number of nitrogens with zero attached hydrogens (tertiary/aromatic N) is 1. The van der Waals surface area contributed by atoms with E-state index < -0.39 is 5.97 Å². The molecule has 2 rings (SSSR count). The first-order chi connectivity index (χ1) is 9.65. The Morgan fingerprint density at radius 3 is 2.85 bits per heavy atom. The maximum absolute atomic E-state index is 10.6. The quantitative estimate of drug-likeness (QED) is 0.845. The number of aliphatic carboxylic acids is 1. The summed E-state index contributed by atoms with van der Waals surface area (Å²) in [5.74, 6) is -0.773. The van der Waals surface area contributed by atoms with Gasteiger partial charge in [-0.25, -0.2) is 0 Å². The van der Waals surface area contributed by atoms with Crippen molar-refractivity contribution in [1.82, 2.24) is 4.98 Å². The SMILES string of the molecule is CC(Nc1cccc(CCC(=O)O)c1)c1ccccn1. The first-order valence-electron chi connectivity index (χ1n) is 6.63. The van der Waals surface area contributed by atoms with Gasteiger partial charge in [-0.1, -0.05) is 18.2 Å². The number of hydrogen-bond acceptors (Lipinski definition) is 3. The fraction of sp³-hybridized carbons (Fsp3) is 0.250. The van der Waals surface area contributed by atoms with Crippen LogP contribution in [0.15, 0.2) is 48.7 Å². The van der Waals surface area contributed by atoms with Gasteiger partial charge in [-0.05, 0) is 43.2 Å². The normalized spacial score (nSPS) is 11.8. The Morgan fingerprint density at radius 2 is 2.15 bits per heavy atom. The summed E-state index contributed by atoms with van der Waals surface area (Å²) in [7, 11) is 0. The number of aryl methyl sites for hydroxylation is 1. The second-order valence-electron chi connectivity index (χ2n) is 4.71. The molecule has 1 aromatic carbocycles.